The molecule has 14 heavy (non-hydrogen) atoms. The summed E-state index contributed by atoms with van der Waals surface area (Å²) in [5, 5.41) is 0. The summed E-state index contributed by atoms with van der Waals surface area (Å²) in [7, 11) is 0. The summed E-state index contributed by atoms with van der Waals surface area (Å²) < 4.78 is 11.4. The van der Waals surface area contributed by atoms with E-state index in [-0.39, 0.29) is 5.60 Å². The Hall–Kier alpha value is -0.0800. The lowest BCUT2D eigenvalue weighted by atomic mass is 9.76. The molecule has 1 aliphatic carbocycles. The van der Waals surface area contributed by atoms with Crippen LogP contribution in [0.2, 0.25) is 0 Å². The van der Waals surface area contributed by atoms with Crippen LogP contribution in [0, 0.1) is 11.8 Å². The van der Waals surface area contributed by atoms with E-state index in [1.807, 2.05) is 0 Å². The third-order valence-electron chi connectivity index (χ3n) is 3.73. The molecule has 0 aromatic rings. The average Bonchev–Trinajstić information content (AvgIpc) is 2.70. The summed E-state index contributed by atoms with van der Waals surface area (Å²) in [6, 6.07) is 0. The third-order valence-corrected chi connectivity index (χ3v) is 3.73. The van der Waals surface area contributed by atoms with Gasteiger partial charge in [-0.3, -0.25) is 0 Å². The zero-order valence-corrected chi connectivity index (χ0v) is 9.75. The molecule has 0 N–H and O–H groups in total. The molecule has 0 bridgehead atoms. The van der Waals surface area contributed by atoms with Gasteiger partial charge in [0.1, 0.15) is 0 Å². The smallest absolute Gasteiger partial charge is 0.0923 e. The quantitative estimate of drug-likeness (QED) is 0.650. The van der Waals surface area contributed by atoms with Gasteiger partial charge < -0.3 is 9.47 Å². The van der Waals surface area contributed by atoms with Crippen molar-refractivity contribution in [1.29, 1.82) is 0 Å². The molecular weight excluding hydrogens is 176 g/mol. The Labute approximate surface area is 87.0 Å². The zero-order chi connectivity index (χ0) is 10.3. The molecule has 0 amide bonds. The van der Waals surface area contributed by atoms with Gasteiger partial charge in [0.15, 0.2) is 0 Å². The number of fused-ring (bicyclic) bond motifs is 1. The molecule has 2 rings (SSSR count). The second-order valence-corrected chi connectivity index (χ2v) is 5.48. The molecule has 2 fully saturated rings. The predicted molar refractivity (Wildman–Crippen MR) is 56.3 cm³/mol. The van der Waals surface area contributed by atoms with E-state index in [0.717, 1.165) is 12.5 Å². The van der Waals surface area contributed by atoms with Crippen molar-refractivity contribution in [3.63, 3.8) is 0 Å². The van der Waals surface area contributed by atoms with Gasteiger partial charge in [-0.05, 0) is 45.4 Å². The maximum atomic E-state index is 5.72. The highest BCUT2D eigenvalue weighted by molar-refractivity contribution is 5.05. The van der Waals surface area contributed by atoms with E-state index in [9.17, 15) is 0 Å². The number of rotatable bonds is 3. The number of hydrogen-bond donors (Lipinski definition) is 0. The van der Waals surface area contributed by atoms with Gasteiger partial charge in [-0.1, -0.05) is 6.92 Å². The molecule has 0 radical (unpaired) electrons. The van der Waals surface area contributed by atoms with Crippen molar-refractivity contribution in [2.75, 3.05) is 6.61 Å². The van der Waals surface area contributed by atoms with E-state index in [0.29, 0.717) is 18.1 Å². The van der Waals surface area contributed by atoms with Gasteiger partial charge >= 0.3 is 0 Å². The molecule has 4 atom stereocenters. The molecule has 1 aliphatic heterocycles. The lowest BCUT2D eigenvalue weighted by molar-refractivity contribution is 0.0263. The molecule has 4 unspecified atom stereocenters. The van der Waals surface area contributed by atoms with Crippen molar-refractivity contribution in [1.82, 2.24) is 0 Å². The molecular formula is C12H22O2. The summed E-state index contributed by atoms with van der Waals surface area (Å²) in [4.78, 5) is 0. The molecule has 0 aromatic heterocycles. The summed E-state index contributed by atoms with van der Waals surface area (Å²) >= 11 is 0. The van der Waals surface area contributed by atoms with Crippen LogP contribution < -0.4 is 0 Å². The molecule has 82 valence electrons. The number of ether oxygens (including phenoxy) is 2. The van der Waals surface area contributed by atoms with E-state index in [2.05, 4.69) is 27.7 Å². The zero-order valence-electron chi connectivity index (χ0n) is 9.75. The van der Waals surface area contributed by atoms with Crippen LogP contribution in [0.1, 0.15) is 40.5 Å². The van der Waals surface area contributed by atoms with Gasteiger partial charge in [0.05, 0.1) is 24.4 Å². The van der Waals surface area contributed by atoms with Crippen LogP contribution in [0.5, 0.6) is 0 Å². The molecule has 2 heteroatoms. The van der Waals surface area contributed by atoms with Crippen LogP contribution in [0.4, 0.5) is 0 Å². The summed E-state index contributed by atoms with van der Waals surface area (Å²) in [5.41, 5.74) is 0.230. The van der Waals surface area contributed by atoms with Gasteiger partial charge in [-0.2, -0.15) is 0 Å². The van der Waals surface area contributed by atoms with E-state index >= 15 is 0 Å². The molecule has 1 heterocycles. The summed E-state index contributed by atoms with van der Waals surface area (Å²) in [5.74, 6) is 1.45. The highest BCUT2D eigenvalue weighted by Gasteiger charge is 2.57. The van der Waals surface area contributed by atoms with Crippen molar-refractivity contribution in [3.8, 4) is 0 Å². The topological polar surface area (TPSA) is 21.8 Å². The normalized spacial score (nSPS) is 46.5. The van der Waals surface area contributed by atoms with Gasteiger partial charge in [0.2, 0.25) is 0 Å². The van der Waals surface area contributed by atoms with Crippen LogP contribution in [0.3, 0.4) is 0 Å². The Morgan fingerprint density at radius 1 is 1.50 bits per heavy atom. The fourth-order valence-corrected chi connectivity index (χ4v) is 2.63. The molecule has 0 aromatic carbocycles. The number of epoxide rings is 1. The Bertz CT molecular complexity index is 214. The Morgan fingerprint density at radius 3 is 2.86 bits per heavy atom. The first-order valence-corrected chi connectivity index (χ1v) is 5.80. The molecule has 1 saturated heterocycles. The minimum Gasteiger partial charge on any atom is -0.378 e. The van der Waals surface area contributed by atoms with Crippen molar-refractivity contribution in [2.24, 2.45) is 11.8 Å². The molecule has 2 aliphatic rings. The predicted octanol–water partition coefficient (Wildman–Crippen LogP) is 2.62. The van der Waals surface area contributed by atoms with Crippen LogP contribution >= 0.6 is 0 Å². The fraction of sp³-hybridized carbons (Fsp3) is 1.00. The molecule has 1 saturated carbocycles. The first-order chi connectivity index (χ1) is 6.51. The van der Waals surface area contributed by atoms with Crippen molar-refractivity contribution >= 4 is 0 Å². The summed E-state index contributed by atoms with van der Waals surface area (Å²) in [6.45, 7) is 9.69. The average molecular weight is 198 g/mol. The fourth-order valence-electron chi connectivity index (χ4n) is 2.63. The summed E-state index contributed by atoms with van der Waals surface area (Å²) in [6.07, 6.45) is 3.30. The van der Waals surface area contributed by atoms with E-state index in [1.54, 1.807) is 0 Å². The minimum atomic E-state index is 0.230. The molecule has 2 nitrogen and oxygen atoms in total. The lowest BCUT2D eigenvalue weighted by Gasteiger charge is -2.29. The van der Waals surface area contributed by atoms with Gasteiger partial charge in [-0.15, -0.1) is 0 Å². The highest BCUT2D eigenvalue weighted by Crippen LogP contribution is 2.51. The first-order valence-electron chi connectivity index (χ1n) is 5.80. The third kappa shape index (κ3) is 1.96. The van der Waals surface area contributed by atoms with Crippen LogP contribution in [0.25, 0.3) is 0 Å². The number of hydrogen-bond acceptors (Lipinski definition) is 2. The van der Waals surface area contributed by atoms with Crippen LogP contribution in [0.15, 0.2) is 0 Å². The second-order valence-electron chi connectivity index (χ2n) is 5.48. The van der Waals surface area contributed by atoms with Gasteiger partial charge in [0.25, 0.3) is 0 Å². The van der Waals surface area contributed by atoms with Gasteiger partial charge in [-0.25, -0.2) is 0 Å². The second kappa shape index (κ2) is 3.49. The Kier molecular flexibility index (Phi) is 2.61. The van der Waals surface area contributed by atoms with Crippen molar-refractivity contribution in [2.45, 2.75) is 58.3 Å². The van der Waals surface area contributed by atoms with E-state index in [1.165, 1.54) is 12.8 Å². The SMILES string of the molecule is CC(C)OCC1CC2OC2(C)CC1C. The Morgan fingerprint density at radius 2 is 2.21 bits per heavy atom. The highest BCUT2D eigenvalue weighted by atomic mass is 16.6. The van der Waals surface area contributed by atoms with E-state index in [4.69, 9.17) is 9.47 Å². The minimum absolute atomic E-state index is 0.230. The maximum absolute atomic E-state index is 5.72. The van der Waals surface area contributed by atoms with Crippen LogP contribution in [-0.4, -0.2) is 24.4 Å². The monoisotopic (exact) mass is 198 g/mol. The van der Waals surface area contributed by atoms with Gasteiger partial charge in [0, 0.05) is 0 Å². The maximum Gasteiger partial charge on any atom is 0.0923 e. The largest absolute Gasteiger partial charge is 0.378 e. The van der Waals surface area contributed by atoms with Crippen molar-refractivity contribution in [3.05, 3.63) is 0 Å². The Balaban J connectivity index is 1.82. The van der Waals surface area contributed by atoms with E-state index < -0.39 is 0 Å². The van der Waals surface area contributed by atoms with Crippen molar-refractivity contribution < 1.29 is 9.47 Å². The standard InChI is InChI=1S/C12H22O2/c1-8(2)13-7-10-5-11-12(4,14-11)6-9(10)3/h8-11H,5-7H2,1-4H3. The lowest BCUT2D eigenvalue weighted by Crippen LogP contribution is -2.31. The van der Waals surface area contributed by atoms with Crippen LogP contribution in [-0.2, 0) is 9.47 Å². The first kappa shape index (κ1) is 10.4. The molecule has 0 spiro atoms.